The van der Waals surface area contributed by atoms with Crippen molar-refractivity contribution in [2.75, 3.05) is 19.9 Å². The summed E-state index contributed by atoms with van der Waals surface area (Å²) in [7, 11) is -2.31. The molecule has 0 saturated carbocycles. The van der Waals surface area contributed by atoms with Gasteiger partial charge in [-0.3, -0.25) is 9.69 Å². The van der Waals surface area contributed by atoms with E-state index in [9.17, 15) is 13.2 Å². The van der Waals surface area contributed by atoms with Gasteiger partial charge in [-0.25, -0.2) is 8.42 Å². The van der Waals surface area contributed by atoms with Crippen molar-refractivity contribution < 1.29 is 17.9 Å². The smallest absolute Gasteiger partial charge is 0.324 e. The maximum absolute atomic E-state index is 12.2. The molecule has 0 bridgehead atoms. The molecule has 2 aromatic rings. The van der Waals surface area contributed by atoms with Gasteiger partial charge in [0.1, 0.15) is 0 Å². The summed E-state index contributed by atoms with van der Waals surface area (Å²) in [6.45, 7) is 2.50. The van der Waals surface area contributed by atoms with Gasteiger partial charge < -0.3 is 4.74 Å². The van der Waals surface area contributed by atoms with E-state index >= 15 is 0 Å². The van der Waals surface area contributed by atoms with E-state index < -0.39 is 21.1 Å². The van der Waals surface area contributed by atoms with Gasteiger partial charge in [0, 0.05) is 24.8 Å². The minimum absolute atomic E-state index is 0.0107. The van der Waals surface area contributed by atoms with Crippen LogP contribution in [0, 0.1) is 5.92 Å². The molecule has 1 aliphatic heterocycles. The number of benzene rings is 2. The number of carbonyl (C=O) groups excluding carboxylic acids is 1. The van der Waals surface area contributed by atoms with Gasteiger partial charge in [0.2, 0.25) is 0 Å². The van der Waals surface area contributed by atoms with Gasteiger partial charge in [0.15, 0.2) is 15.1 Å². The predicted octanol–water partition coefficient (Wildman–Crippen LogP) is 2.68. The van der Waals surface area contributed by atoms with Crippen LogP contribution in [-0.2, 0) is 19.4 Å². The Balaban J connectivity index is 1.92. The van der Waals surface area contributed by atoms with Crippen molar-refractivity contribution in [1.82, 2.24) is 4.90 Å². The average Bonchev–Trinajstić information content (AvgIpc) is 2.67. The van der Waals surface area contributed by atoms with Crippen LogP contribution >= 0.6 is 0 Å². The third-order valence-electron chi connectivity index (χ3n) is 5.41. The van der Waals surface area contributed by atoms with Crippen LogP contribution in [0.15, 0.2) is 60.7 Å². The first-order valence-electron chi connectivity index (χ1n) is 8.97. The van der Waals surface area contributed by atoms with E-state index in [1.165, 1.54) is 7.11 Å². The molecule has 0 amide bonds. The highest BCUT2D eigenvalue weighted by molar-refractivity contribution is 7.92. The van der Waals surface area contributed by atoms with Crippen LogP contribution < -0.4 is 0 Å². The van der Waals surface area contributed by atoms with Crippen molar-refractivity contribution in [3.8, 4) is 0 Å². The summed E-state index contributed by atoms with van der Waals surface area (Å²) in [6.07, 6.45) is 1.11. The van der Waals surface area contributed by atoms with Crippen LogP contribution in [0.1, 0.15) is 24.1 Å². The molecule has 6 heteroatoms. The summed E-state index contributed by atoms with van der Waals surface area (Å²) in [4.78, 5) is 14.4. The molecule has 0 N–H and O–H groups in total. The van der Waals surface area contributed by atoms with Crippen LogP contribution in [0.5, 0.6) is 0 Å². The number of methoxy groups -OCH3 is 1. The second-order valence-electron chi connectivity index (χ2n) is 7.10. The van der Waals surface area contributed by atoms with E-state index in [0.29, 0.717) is 6.54 Å². The fourth-order valence-corrected chi connectivity index (χ4v) is 5.38. The van der Waals surface area contributed by atoms with Crippen molar-refractivity contribution in [1.29, 1.82) is 0 Å². The summed E-state index contributed by atoms with van der Waals surface area (Å²) < 4.78 is 29.2. The van der Waals surface area contributed by atoms with E-state index in [-0.39, 0.29) is 18.0 Å². The zero-order valence-electron chi connectivity index (χ0n) is 15.8. The molecule has 0 spiro atoms. The third-order valence-corrected chi connectivity index (χ3v) is 6.87. The molecule has 1 unspecified atom stereocenters. The second-order valence-corrected chi connectivity index (χ2v) is 9.27. The number of rotatable bonds is 6. The molecule has 3 rings (SSSR count). The Bertz CT molecular complexity index is 843. The highest BCUT2D eigenvalue weighted by atomic mass is 32.2. The highest BCUT2D eigenvalue weighted by Crippen LogP contribution is 2.41. The molecule has 5 nitrogen and oxygen atoms in total. The van der Waals surface area contributed by atoms with E-state index in [1.807, 2.05) is 43.3 Å². The molecule has 144 valence electrons. The number of nitrogens with zero attached hydrogens (tertiary/aromatic N) is 1. The predicted molar refractivity (Wildman–Crippen MR) is 105 cm³/mol. The lowest BCUT2D eigenvalue weighted by Crippen LogP contribution is -2.62. The fraction of sp³-hybridized carbons (Fsp3) is 0.381. The summed E-state index contributed by atoms with van der Waals surface area (Å²) in [6, 6.07) is 20.2. The molecule has 3 atom stereocenters. The van der Waals surface area contributed by atoms with Crippen LogP contribution in [0.2, 0.25) is 0 Å². The normalized spacial score (nSPS) is 21.5. The molecule has 0 aromatic heterocycles. The molecular weight excluding hydrogens is 362 g/mol. The van der Waals surface area contributed by atoms with Crippen molar-refractivity contribution >= 4 is 15.8 Å². The van der Waals surface area contributed by atoms with Gasteiger partial charge in [-0.15, -0.1) is 0 Å². The number of hydrogen-bond acceptors (Lipinski definition) is 5. The summed E-state index contributed by atoms with van der Waals surface area (Å²) >= 11 is 0. The molecule has 1 fully saturated rings. The van der Waals surface area contributed by atoms with Crippen molar-refractivity contribution in [3.05, 3.63) is 71.8 Å². The first-order chi connectivity index (χ1) is 12.8. The van der Waals surface area contributed by atoms with Gasteiger partial charge in [-0.1, -0.05) is 60.7 Å². The molecule has 1 heterocycles. The van der Waals surface area contributed by atoms with Crippen LogP contribution in [-0.4, -0.2) is 50.5 Å². The lowest BCUT2D eigenvalue weighted by Gasteiger charge is -2.52. The van der Waals surface area contributed by atoms with Crippen LogP contribution in [0.3, 0.4) is 0 Å². The summed E-state index contributed by atoms with van der Waals surface area (Å²) in [5.41, 5.74) is 2.28. The summed E-state index contributed by atoms with van der Waals surface area (Å²) in [5.74, 6) is -0.965. The average molecular weight is 388 g/mol. The number of ether oxygens (including phenoxy) is 1. The standard InChI is InChI=1S/C21H25NO4S/c1-15-18(20(21(23)26-2)27(3,24)25)14-22(15)19(16-10-6-4-7-11-16)17-12-8-5-9-13-17/h4-13,15,18-20H,14H2,1-3H3/t15-,18+,20?/m1/s1. The van der Waals surface area contributed by atoms with Gasteiger partial charge in [0.05, 0.1) is 13.2 Å². The Labute approximate surface area is 160 Å². The number of sulfone groups is 1. The zero-order valence-corrected chi connectivity index (χ0v) is 16.6. The Hall–Kier alpha value is -2.18. The van der Waals surface area contributed by atoms with E-state index in [1.54, 1.807) is 0 Å². The van der Waals surface area contributed by atoms with Crippen molar-refractivity contribution in [2.45, 2.75) is 24.3 Å². The Morgan fingerprint density at radius 3 is 1.89 bits per heavy atom. The molecule has 0 aliphatic carbocycles. The van der Waals surface area contributed by atoms with Crippen LogP contribution in [0.25, 0.3) is 0 Å². The van der Waals surface area contributed by atoms with Crippen molar-refractivity contribution in [2.24, 2.45) is 5.92 Å². The Morgan fingerprint density at radius 1 is 1.04 bits per heavy atom. The molecule has 1 aliphatic rings. The van der Waals surface area contributed by atoms with Gasteiger partial charge in [0.25, 0.3) is 0 Å². The number of esters is 1. The SMILES string of the molecule is COC(=O)C([C@H]1CN(C(c2ccccc2)c2ccccc2)[C@@H]1C)S(C)(=O)=O. The maximum Gasteiger partial charge on any atom is 0.324 e. The largest absolute Gasteiger partial charge is 0.468 e. The molecule has 1 saturated heterocycles. The Morgan fingerprint density at radius 2 is 1.52 bits per heavy atom. The third kappa shape index (κ3) is 3.92. The molecular formula is C21H25NO4S. The first kappa shape index (κ1) is 19.6. The van der Waals surface area contributed by atoms with E-state index in [4.69, 9.17) is 4.74 Å². The Kier molecular flexibility index (Phi) is 5.67. The minimum Gasteiger partial charge on any atom is -0.468 e. The minimum atomic E-state index is -3.55. The second kappa shape index (κ2) is 7.82. The highest BCUT2D eigenvalue weighted by Gasteiger charge is 2.50. The number of likely N-dealkylation sites (tertiary alicyclic amines) is 1. The maximum atomic E-state index is 12.2. The molecule has 2 aromatic carbocycles. The number of carbonyl (C=O) groups is 1. The topological polar surface area (TPSA) is 63.7 Å². The van der Waals surface area contributed by atoms with Gasteiger partial charge >= 0.3 is 5.97 Å². The first-order valence-corrected chi connectivity index (χ1v) is 10.9. The van der Waals surface area contributed by atoms with Gasteiger partial charge in [-0.05, 0) is 18.1 Å². The zero-order chi connectivity index (χ0) is 19.6. The van der Waals surface area contributed by atoms with Crippen LogP contribution in [0.4, 0.5) is 0 Å². The lowest BCUT2D eigenvalue weighted by molar-refractivity contribution is -0.144. The van der Waals surface area contributed by atoms with E-state index in [0.717, 1.165) is 17.4 Å². The van der Waals surface area contributed by atoms with Crippen molar-refractivity contribution in [3.63, 3.8) is 0 Å². The fourth-order valence-electron chi connectivity index (χ4n) is 3.99. The van der Waals surface area contributed by atoms with E-state index in [2.05, 4.69) is 29.2 Å². The molecule has 0 radical (unpaired) electrons. The monoisotopic (exact) mass is 387 g/mol. The quantitative estimate of drug-likeness (QED) is 0.713. The lowest BCUT2D eigenvalue weighted by atomic mass is 9.82. The summed E-state index contributed by atoms with van der Waals surface area (Å²) in [5, 5.41) is -1.12. The van der Waals surface area contributed by atoms with Gasteiger partial charge in [-0.2, -0.15) is 0 Å². The molecule has 27 heavy (non-hydrogen) atoms. The number of hydrogen-bond donors (Lipinski definition) is 0.